The van der Waals surface area contributed by atoms with Gasteiger partial charge in [-0.25, -0.2) is 0 Å². The second kappa shape index (κ2) is 8.97. The van der Waals surface area contributed by atoms with Crippen LogP contribution in [0.25, 0.3) is 11.0 Å². The van der Waals surface area contributed by atoms with Crippen molar-refractivity contribution in [3.63, 3.8) is 0 Å². The number of ether oxygens (including phenoxy) is 2. The molecule has 148 valence electrons. The molecule has 28 heavy (non-hydrogen) atoms. The number of aromatic nitrogens is 3. The second-order valence-corrected chi connectivity index (χ2v) is 7.32. The normalized spacial score (nSPS) is 11.9. The molecule has 0 saturated carbocycles. The van der Waals surface area contributed by atoms with E-state index < -0.39 is 5.56 Å². The summed E-state index contributed by atoms with van der Waals surface area (Å²) in [5, 5.41) is 4.02. The molecule has 0 saturated heterocycles. The van der Waals surface area contributed by atoms with Gasteiger partial charge in [0.05, 0.1) is 17.7 Å². The molecule has 0 aliphatic carbocycles. The van der Waals surface area contributed by atoms with E-state index in [1.807, 2.05) is 25.1 Å². The van der Waals surface area contributed by atoms with Crippen molar-refractivity contribution in [2.24, 2.45) is 0 Å². The minimum atomic E-state index is -0.420. The van der Waals surface area contributed by atoms with Crippen molar-refractivity contribution in [1.82, 2.24) is 14.6 Å². The molecule has 2 aromatic heterocycles. The third-order valence-electron chi connectivity index (χ3n) is 4.11. The molecule has 0 radical (unpaired) electrons. The Morgan fingerprint density at radius 3 is 2.71 bits per heavy atom. The van der Waals surface area contributed by atoms with Crippen LogP contribution in [0.1, 0.15) is 44.4 Å². The average Bonchev–Trinajstić information content (AvgIpc) is 2.96. The first-order valence-corrected chi connectivity index (χ1v) is 10.2. The van der Waals surface area contributed by atoms with Gasteiger partial charge in [-0.2, -0.15) is 14.6 Å². The number of hydrogen-bond donors (Lipinski definition) is 0. The lowest BCUT2D eigenvalue weighted by Crippen LogP contribution is -2.27. The summed E-state index contributed by atoms with van der Waals surface area (Å²) in [4.78, 5) is 28.4. The maximum Gasteiger partial charge on any atom is 0.295 e. The van der Waals surface area contributed by atoms with Crippen molar-refractivity contribution in [1.29, 1.82) is 0 Å². The molecule has 8 heteroatoms. The first-order valence-electron chi connectivity index (χ1n) is 9.35. The Morgan fingerprint density at radius 1 is 1.14 bits per heavy atom. The van der Waals surface area contributed by atoms with Crippen LogP contribution in [-0.2, 0) is 0 Å². The van der Waals surface area contributed by atoms with E-state index in [9.17, 15) is 9.59 Å². The van der Waals surface area contributed by atoms with Gasteiger partial charge >= 0.3 is 0 Å². The minimum Gasteiger partial charge on any atom is -0.490 e. The highest BCUT2D eigenvalue weighted by molar-refractivity contribution is 7.15. The predicted octanol–water partition coefficient (Wildman–Crippen LogP) is 2.34. The fourth-order valence-electron chi connectivity index (χ4n) is 2.67. The Bertz CT molecular complexity index is 1140. The highest BCUT2D eigenvalue weighted by Crippen LogP contribution is 2.29. The maximum absolute atomic E-state index is 12.6. The zero-order chi connectivity index (χ0) is 20.1. The molecule has 0 atom stereocenters. The molecule has 0 bridgehead atoms. The summed E-state index contributed by atoms with van der Waals surface area (Å²) in [6.45, 7) is 6.76. The van der Waals surface area contributed by atoms with Crippen molar-refractivity contribution >= 4 is 22.4 Å². The minimum absolute atomic E-state index is 0.196. The summed E-state index contributed by atoms with van der Waals surface area (Å²) in [6, 6.07) is 5.57. The summed E-state index contributed by atoms with van der Waals surface area (Å²) >= 11 is 1.13. The number of benzene rings is 1. The molecular formula is C20H23N3O4S. The highest BCUT2D eigenvalue weighted by atomic mass is 32.1. The van der Waals surface area contributed by atoms with Gasteiger partial charge in [0.25, 0.3) is 11.1 Å². The van der Waals surface area contributed by atoms with Crippen LogP contribution in [0.15, 0.2) is 27.8 Å². The van der Waals surface area contributed by atoms with Gasteiger partial charge in [0.2, 0.25) is 4.96 Å². The summed E-state index contributed by atoms with van der Waals surface area (Å²) in [5.74, 6) is 1.33. The summed E-state index contributed by atoms with van der Waals surface area (Å²) in [5.41, 5.74) is 0.277. The van der Waals surface area contributed by atoms with E-state index in [-0.39, 0.29) is 16.2 Å². The summed E-state index contributed by atoms with van der Waals surface area (Å²) in [7, 11) is 0. The van der Waals surface area contributed by atoms with Gasteiger partial charge in [0.1, 0.15) is 5.69 Å². The molecule has 0 unspecified atom stereocenters. The zero-order valence-corrected chi connectivity index (χ0v) is 17.0. The molecular weight excluding hydrogens is 378 g/mol. The molecule has 0 spiro atoms. The summed E-state index contributed by atoms with van der Waals surface area (Å²) < 4.78 is 13.2. The zero-order valence-electron chi connectivity index (χ0n) is 16.2. The maximum atomic E-state index is 12.6. The quantitative estimate of drug-likeness (QED) is 0.539. The van der Waals surface area contributed by atoms with Crippen LogP contribution in [0.4, 0.5) is 0 Å². The molecule has 2 heterocycles. The standard InChI is InChI=1S/C20H23N3O4S/c1-4-6-7-10-27-15-9-8-14(11-16(15)26-5-2)12-17-19(25)23-20(28-17)21-18(24)13(3)22-23/h8-9,11-12H,4-7,10H2,1-3H3/b17-12+. The van der Waals surface area contributed by atoms with Crippen LogP contribution in [0.5, 0.6) is 11.5 Å². The topological polar surface area (TPSA) is 82.8 Å². The highest BCUT2D eigenvalue weighted by Gasteiger charge is 2.10. The van der Waals surface area contributed by atoms with Crippen LogP contribution in [0.3, 0.4) is 0 Å². The van der Waals surface area contributed by atoms with Crippen LogP contribution >= 0.6 is 11.3 Å². The third kappa shape index (κ3) is 4.39. The SMILES string of the molecule is CCCCCOc1ccc(/C=c2/sc3nc(=O)c(C)nn3c2=O)cc1OCC. The van der Waals surface area contributed by atoms with Gasteiger partial charge < -0.3 is 9.47 Å². The molecule has 7 nitrogen and oxygen atoms in total. The molecule has 0 fully saturated rings. The second-order valence-electron chi connectivity index (χ2n) is 6.31. The molecule has 3 rings (SSSR count). The number of hydrogen-bond acceptors (Lipinski definition) is 7. The Morgan fingerprint density at radius 2 is 1.96 bits per heavy atom. The van der Waals surface area contributed by atoms with Crippen molar-refractivity contribution in [2.45, 2.75) is 40.0 Å². The molecule has 0 amide bonds. The van der Waals surface area contributed by atoms with E-state index in [4.69, 9.17) is 9.47 Å². The van der Waals surface area contributed by atoms with Crippen molar-refractivity contribution < 1.29 is 9.47 Å². The number of rotatable bonds is 8. The lowest BCUT2D eigenvalue weighted by atomic mass is 10.2. The molecule has 3 aromatic rings. The lowest BCUT2D eigenvalue weighted by Gasteiger charge is -2.12. The average molecular weight is 401 g/mol. The van der Waals surface area contributed by atoms with Crippen LogP contribution in [0, 0.1) is 6.92 Å². The van der Waals surface area contributed by atoms with Crippen LogP contribution < -0.4 is 25.1 Å². The van der Waals surface area contributed by atoms with Gasteiger partial charge in [0.15, 0.2) is 11.5 Å². The van der Waals surface area contributed by atoms with E-state index in [1.165, 1.54) is 11.4 Å². The number of aryl methyl sites for hydroxylation is 1. The molecule has 0 aliphatic rings. The first-order chi connectivity index (χ1) is 13.5. The van der Waals surface area contributed by atoms with Gasteiger partial charge in [0, 0.05) is 0 Å². The van der Waals surface area contributed by atoms with E-state index in [1.54, 1.807) is 6.08 Å². The Labute approximate surface area is 166 Å². The Balaban J connectivity index is 1.96. The smallest absolute Gasteiger partial charge is 0.295 e. The monoisotopic (exact) mass is 401 g/mol. The van der Waals surface area contributed by atoms with Gasteiger partial charge in [-0.3, -0.25) is 9.59 Å². The largest absolute Gasteiger partial charge is 0.490 e. The number of nitrogens with zero attached hydrogens (tertiary/aromatic N) is 3. The Kier molecular flexibility index (Phi) is 6.41. The van der Waals surface area contributed by atoms with E-state index in [2.05, 4.69) is 17.0 Å². The fourth-order valence-corrected chi connectivity index (χ4v) is 3.58. The van der Waals surface area contributed by atoms with Crippen LogP contribution in [0.2, 0.25) is 0 Å². The van der Waals surface area contributed by atoms with Crippen LogP contribution in [-0.4, -0.2) is 27.8 Å². The van der Waals surface area contributed by atoms with E-state index in [0.717, 1.165) is 36.2 Å². The molecule has 0 N–H and O–H groups in total. The first kappa shape index (κ1) is 20.0. The Hall–Kier alpha value is -2.74. The fraction of sp³-hybridized carbons (Fsp3) is 0.400. The van der Waals surface area contributed by atoms with Gasteiger partial charge in [-0.15, -0.1) is 0 Å². The van der Waals surface area contributed by atoms with Gasteiger partial charge in [-0.1, -0.05) is 37.2 Å². The number of fused-ring (bicyclic) bond motifs is 1. The number of unbranched alkanes of at least 4 members (excludes halogenated alkanes) is 2. The third-order valence-corrected chi connectivity index (χ3v) is 5.07. The lowest BCUT2D eigenvalue weighted by molar-refractivity contribution is 0.271. The van der Waals surface area contributed by atoms with Gasteiger partial charge in [-0.05, 0) is 44.0 Å². The molecule has 0 aliphatic heterocycles. The molecule has 1 aromatic carbocycles. The van der Waals surface area contributed by atoms with E-state index >= 15 is 0 Å². The van der Waals surface area contributed by atoms with Crippen molar-refractivity contribution in [3.05, 3.63) is 54.7 Å². The van der Waals surface area contributed by atoms with Crippen molar-refractivity contribution in [2.75, 3.05) is 13.2 Å². The predicted molar refractivity (Wildman–Crippen MR) is 110 cm³/mol. The van der Waals surface area contributed by atoms with Crippen molar-refractivity contribution in [3.8, 4) is 11.5 Å². The van der Waals surface area contributed by atoms with E-state index in [0.29, 0.717) is 29.2 Å². The summed E-state index contributed by atoms with van der Waals surface area (Å²) in [6.07, 6.45) is 5.00. The number of thiazole rings is 1.